The minimum absolute atomic E-state index is 0.0958. The zero-order chi connectivity index (χ0) is 33.1. The minimum Gasteiger partial charge on any atom is -0.481 e. The fourth-order valence-corrected chi connectivity index (χ4v) is 12.5. The second-order valence-corrected chi connectivity index (χ2v) is 17.2. The minimum atomic E-state index is -1.36. The van der Waals surface area contributed by atoms with Gasteiger partial charge in [0.05, 0.1) is 23.0 Å². The summed E-state index contributed by atoms with van der Waals surface area (Å²) in [5.74, 6) is -1.08. The molecule has 0 amide bonds. The topological polar surface area (TPSA) is 154 Å². The molecule has 4 saturated carbocycles. The molecule has 1 aliphatic heterocycles. The van der Waals surface area contributed by atoms with Crippen LogP contribution in [0.2, 0.25) is 0 Å². The molecular formula is C36H56O9. The van der Waals surface area contributed by atoms with Crippen LogP contribution >= 0.6 is 0 Å². The summed E-state index contributed by atoms with van der Waals surface area (Å²) in [4.78, 5) is 26.8. The van der Waals surface area contributed by atoms with Crippen LogP contribution in [0.4, 0.5) is 0 Å². The lowest BCUT2D eigenvalue weighted by Gasteiger charge is -2.70. The number of carboxylic acids is 2. The normalized spacial score (nSPS) is 54.0. The Hall–Kier alpha value is -1.52. The van der Waals surface area contributed by atoms with Crippen molar-refractivity contribution < 1.29 is 44.6 Å². The van der Waals surface area contributed by atoms with Gasteiger partial charge in [-0.05, 0) is 111 Å². The summed E-state index contributed by atoms with van der Waals surface area (Å²) >= 11 is 0. The third-order valence-corrected chi connectivity index (χ3v) is 15.3. The molecule has 0 aromatic carbocycles. The van der Waals surface area contributed by atoms with E-state index in [-0.39, 0.29) is 40.6 Å². The van der Waals surface area contributed by atoms with Crippen molar-refractivity contribution in [1.29, 1.82) is 0 Å². The standard InChI is InChI=1S/C36H56O9/c1-18-10-15-35(30(40)41)16-17-36(31(42)43)21(25(35)19(18)2)8-9-23-33(6)13-12-24(32(4,5)22(33)11-14-34(23,36)7)45-29-28(39)27(38)26(37)20(3)44-29/h8,18-20,22-29,37-39H,9-17H2,1-7H3,(H,40,41)(H,42,43). The number of ether oxygens (including phenoxy) is 2. The van der Waals surface area contributed by atoms with Gasteiger partial charge in [-0.2, -0.15) is 0 Å². The van der Waals surface area contributed by atoms with E-state index in [1.54, 1.807) is 6.92 Å². The van der Waals surface area contributed by atoms with Crippen LogP contribution in [0.25, 0.3) is 0 Å². The van der Waals surface area contributed by atoms with Crippen LogP contribution in [0.15, 0.2) is 11.6 Å². The van der Waals surface area contributed by atoms with E-state index < -0.39 is 58.9 Å². The van der Waals surface area contributed by atoms with Crippen molar-refractivity contribution in [3.8, 4) is 0 Å². The number of rotatable bonds is 4. The van der Waals surface area contributed by atoms with Gasteiger partial charge >= 0.3 is 11.9 Å². The Labute approximate surface area is 267 Å². The molecule has 0 aromatic heterocycles. The molecule has 6 aliphatic rings. The number of aliphatic carboxylic acids is 2. The quantitative estimate of drug-likeness (QED) is 0.213. The molecule has 0 aromatic rings. The van der Waals surface area contributed by atoms with Crippen molar-refractivity contribution >= 4 is 11.9 Å². The highest BCUT2D eigenvalue weighted by atomic mass is 16.7. The molecule has 9 nitrogen and oxygen atoms in total. The van der Waals surface area contributed by atoms with Crippen LogP contribution in [-0.2, 0) is 19.1 Å². The molecule has 5 aliphatic carbocycles. The highest BCUT2D eigenvalue weighted by molar-refractivity contribution is 5.84. The average molecular weight is 633 g/mol. The van der Waals surface area contributed by atoms with Crippen LogP contribution in [-0.4, -0.2) is 74.3 Å². The summed E-state index contributed by atoms with van der Waals surface area (Å²) in [5, 5.41) is 53.2. The van der Waals surface area contributed by atoms with E-state index >= 15 is 0 Å². The second-order valence-electron chi connectivity index (χ2n) is 17.2. The third-order valence-electron chi connectivity index (χ3n) is 15.3. The first kappa shape index (κ1) is 33.4. The highest BCUT2D eigenvalue weighted by Crippen LogP contribution is 2.76. The van der Waals surface area contributed by atoms with Gasteiger partial charge in [0, 0.05) is 0 Å². The van der Waals surface area contributed by atoms with Gasteiger partial charge in [0.1, 0.15) is 18.3 Å². The summed E-state index contributed by atoms with van der Waals surface area (Å²) in [6.45, 7) is 15.0. The molecule has 0 bridgehead atoms. The van der Waals surface area contributed by atoms with Crippen molar-refractivity contribution in [2.75, 3.05) is 0 Å². The molecule has 9 heteroatoms. The Kier molecular flexibility index (Phi) is 7.97. The average Bonchev–Trinajstić information content (AvgIpc) is 2.97. The predicted molar refractivity (Wildman–Crippen MR) is 166 cm³/mol. The maximum Gasteiger partial charge on any atom is 0.314 e. The Morgan fingerprint density at radius 1 is 0.822 bits per heavy atom. The molecule has 1 saturated heterocycles. The molecule has 6 rings (SSSR count). The molecule has 1 heterocycles. The third kappa shape index (κ3) is 4.28. The first-order valence-electron chi connectivity index (χ1n) is 17.4. The molecule has 45 heavy (non-hydrogen) atoms. The van der Waals surface area contributed by atoms with Crippen LogP contribution in [0.1, 0.15) is 106 Å². The van der Waals surface area contributed by atoms with Gasteiger partial charge in [0.25, 0.3) is 0 Å². The van der Waals surface area contributed by atoms with Gasteiger partial charge in [0.15, 0.2) is 6.29 Å². The zero-order valence-corrected chi connectivity index (χ0v) is 28.2. The van der Waals surface area contributed by atoms with Crippen molar-refractivity contribution in [3.63, 3.8) is 0 Å². The van der Waals surface area contributed by atoms with Crippen LogP contribution < -0.4 is 0 Å². The monoisotopic (exact) mass is 632 g/mol. The van der Waals surface area contributed by atoms with E-state index in [0.29, 0.717) is 31.6 Å². The highest BCUT2D eigenvalue weighted by Gasteiger charge is 2.73. The van der Waals surface area contributed by atoms with Gasteiger partial charge in [0.2, 0.25) is 0 Å². The lowest BCUT2D eigenvalue weighted by molar-refractivity contribution is -0.324. The molecular weight excluding hydrogens is 576 g/mol. The summed E-state index contributed by atoms with van der Waals surface area (Å²) < 4.78 is 12.3. The Bertz CT molecular complexity index is 1250. The molecule has 0 radical (unpaired) electrons. The Morgan fingerprint density at radius 3 is 2.16 bits per heavy atom. The second kappa shape index (κ2) is 10.7. The summed E-state index contributed by atoms with van der Waals surface area (Å²) in [7, 11) is 0. The number of carboxylic acid groups (broad SMARTS) is 2. The molecule has 254 valence electrons. The Balaban J connectivity index is 1.35. The van der Waals surface area contributed by atoms with Gasteiger partial charge in [-0.15, -0.1) is 0 Å². The van der Waals surface area contributed by atoms with Gasteiger partial charge in [-0.1, -0.05) is 53.2 Å². The van der Waals surface area contributed by atoms with Crippen LogP contribution in [0.5, 0.6) is 0 Å². The zero-order valence-electron chi connectivity index (χ0n) is 28.2. The van der Waals surface area contributed by atoms with Crippen LogP contribution in [0.3, 0.4) is 0 Å². The van der Waals surface area contributed by atoms with Gasteiger partial charge in [-0.25, -0.2) is 0 Å². The van der Waals surface area contributed by atoms with Crippen LogP contribution in [0, 0.1) is 56.7 Å². The molecule has 15 atom stereocenters. The van der Waals surface area contributed by atoms with Crippen molar-refractivity contribution in [2.45, 2.75) is 143 Å². The maximum atomic E-state index is 13.8. The Morgan fingerprint density at radius 2 is 1.51 bits per heavy atom. The summed E-state index contributed by atoms with van der Waals surface area (Å²) in [6, 6.07) is 0. The van der Waals surface area contributed by atoms with E-state index in [2.05, 4.69) is 47.6 Å². The van der Waals surface area contributed by atoms with E-state index in [1.807, 2.05) is 0 Å². The number of allylic oxidation sites excluding steroid dienone is 1. The number of aliphatic hydroxyl groups is 3. The smallest absolute Gasteiger partial charge is 0.314 e. The molecule has 0 spiro atoms. The number of fused-ring (bicyclic) bond motifs is 7. The maximum absolute atomic E-state index is 13.8. The fourth-order valence-electron chi connectivity index (χ4n) is 12.5. The first-order chi connectivity index (χ1) is 20.9. The van der Waals surface area contributed by atoms with E-state index in [1.165, 1.54) is 0 Å². The summed E-state index contributed by atoms with van der Waals surface area (Å²) in [5.41, 5.74) is -2.13. The number of hydrogen-bond acceptors (Lipinski definition) is 7. The lowest BCUT2D eigenvalue weighted by Crippen LogP contribution is -2.68. The van der Waals surface area contributed by atoms with E-state index in [9.17, 15) is 35.1 Å². The molecule has 5 N–H and O–H groups in total. The predicted octanol–water partition coefficient (Wildman–Crippen LogP) is 5.01. The van der Waals surface area contributed by atoms with Gasteiger partial charge in [-0.3, -0.25) is 9.59 Å². The fraction of sp³-hybridized carbons (Fsp3) is 0.889. The van der Waals surface area contributed by atoms with Gasteiger partial charge < -0.3 is 35.0 Å². The number of hydrogen-bond donors (Lipinski definition) is 5. The first-order valence-corrected chi connectivity index (χ1v) is 17.4. The van der Waals surface area contributed by atoms with Crippen molar-refractivity contribution in [1.82, 2.24) is 0 Å². The SMILES string of the molecule is CC1CCC2(C(=O)O)CCC3(C(=O)O)C(=CCC4C5(C)CCC(OC6OC(C)C(O)C(O)C6O)C(C)(C)C5CCC43C)C2C1C. The summed E-state index contributed by atoms with van der Waals surface area (Å²) in [6.07, 6.45) is 2.36. The lowest BCUT2D eigenvalue weighted by atomic mass is 9.33. The largest absolute Gasteiger partial charge is 0.481 e. The van der Waals surface area contributed by atoms with E-state index in [4.69, 9.17) is 9.47 Å². The molecule has 15 unspecified atom stereocenters. The van der Waals surface area contributed by atoms with Crippen molar-refractivity contribution in [3.05, 3.63) is 11.6 Å². The van der Waals surface area contributed by atoms with E-state index in [0.717, 1.165) is 37.7 Å². The number of carbonyl (C=O) groups is 2. The molecule has 5 fully saturated rings. The van der Waals surface area contributed by atoms with Crippen molar-refractivity contribution in [2.24, 2.45) is 56.7 Å². The number of aliphatic hydroxyl groups excluding tert-OH is 3.